The van der Waals surface area contributed by atoms with Crippen LogP contribution in [0.5, 0.6) is 5.75 Å². The van der Waals surface area contributed by atoms with Crippen molar-refractivity contribution in [1.82, 2.24) is 4.98 Å². The number of nitrogen functional groups attached to an aromatic ring is 1. The second-order valence-corrected chi connectivity index (χ2v) is 4.93. The molecule has 2 aromatic carbocycles. The lowest BCUT2D eigenvalue weighted by atomic mass is 10.1. The zero-order valence-electron chi connectivity index (χ0n) is 11.0. The average molecular weight is 303 g/mol. The van der Waals surface area contributed by atoms with E-state index in [9.17, 15) is 4.39 Å². The molecule has 0 amide bonds. The predicted molar refractivity (Wildman–Crippen MR) is 81.9 cm³/mol. The quantitative estimate of drug-likeness (QED) is 0.738. The van der Waals surface area contributed by atoms with Crippen LogP contribution in [0.3, 0.4) is 0 Å². The molecule has 5 heteroatoms. The van der Waals surface area contributed by atoms with E-state index in [1.165, 1.54) is 6.07 Å². The van der Waals surface area contributed by atoms with Gasteiger partial charge in [0.2, 0.25) is 0 Å². The van der Waals surface area contributed by atoms with Gasteiger partial charge in [0, 0.05) is 22.8 Å². The predicted octanol–water partition coefficient (Wildman–Crippen LogP) is 4.19. The van der Waals surface area contributed by atoms with Crippen molar-refractivity contribution in [3.63, 3.8) is 0 Å². The van der Waals surface area contributed by atoms with E-state index in [4.69, 9.17) is 22.1 Å². The lowest BCUT2D eigenvalue weighted by Gasteiger charge is -2.11. The summed E-state index contributed by atoms with van der Waals surface area (Å²) in [5.41, 5.74) is 7.80. The molecular weight excluding hydrogens is 291 g/mol. The first-order valence-corrected chi connectivity index (χ1v) is 6.73. The number of pyridine rings is 1. The van der Waals surface area contributed by atoms with E-state index in [0.717, 1.165) is 5.39 Å². The largest absolute Gasteiger partial charge is 0.487 e. The third-order valence-electron chi connectivity index (χ3n) is 3.18. The lowest BCUT2D eigenvalue weighted by Crippen LogP contribution is -1.99. The van der Waals surface area contributed by atoms with Crippen LogP contribution >= 0.6 is 11.6 Å². The fourth-order valence-electron chi connectivity index (χ4n) is 2.10. The number of anilines is 1. The SMILES string of the molecule is Nc1ccc(OCc2cccc(F)c2Cl)c2ncccc12. The van der Waals surface area contributed by atoms with Crippen molar-refractivity contribution in [3.8, 4) is 5.75 Å². The highest BCUT2D eigenvalue weighted by Gasteiger charge is 2.09. The summed E-state index contributed by atoms with van der Waals surface area (Å²) in [6, 6.07) is 11.8. The first kappa shape index (κ1) is 13.6. The summed E-state index contributed by atoms with van der Waals surface area (Å²) in [6.45, 7) is 0.159. The summed E-state index contributed by atoms with van der Waals surface area (Å²) < 4.78 is 19.1. The molecule has 0 spiro atoms. The summed E-state index contributed by atoms with van der Waals surface area (Å²) in [6.07, 6.45) is 1.67. The molecule has 0 aliphatic carbocycles. The molecule has 0 aliphatic rings. The highest BCUT2D eigenvalue weighted by molar-refractivity contribution is 6.31. The van der Waals surface area contributed by atoms with Gasteiger partial charge in [0.05, 0.1) is 5.02 Å². The van der Waals surface area contributed by atoms with Gasteiger partial charge in [-0.1, -0.05) is 23.7 Å². The van der Waals surface area contributed by atoms with Crippen LogP contribution in [-0.4, -0.2) is 4.98 Å². The second kappa shape index (κ2) is 5.58. The Morgan fingerprint density at radius 2 is 2.00 bits per heavy atom. The third-order valence-corrected chi connectivity index (χ3v) is 3.60. The molecular formula is C16H12ClFN2O. The van der Waals surface area contributed by atoms with Crippen LogP contribution in [0.25, 0.3) is 10.9 Å². The molecule has 106 valence electrons. The summed E-state index contributed by atoms with van der Waals surface area (Å²) >= 11 is 5.91. The van der Waals surface area contributed by atoms with Gasteiger partial charge in [-0.2, -0.15) is 0 Å². The normalized spacial score (nSPS) is 10.8. The molecule has 0 atom stereocenters. The van der Waals surface area contributed by atoms with Gasteiger partial charge >= 0.3 is 0 Å². The fourth-order valence-corrected chi connectivity index (χ4v) is 2.28. The van der Waals surface area contributed by atoms with Gasteiger partial charge in [0.25, 0.3) is 0 Å². The molecule has 0 saturated carbocycles. The number of aromatic nitrogens is 1. The van der Waals surface area contributed by atoms with E-state index in [-0.39, 0.29) is 11.6 Å². The van der Waals surface area contributed by atoms with Crippen LogP contribution in [0.2, 0.25) is 5.02 Å². The maximum absolute atomic E-state index is 13.4. The van der Waals surface area contributed by atoms with Crippen LogP contribution in [0.1, 0.15) is 5.56 Å². The summed E-state index contributed by atoms with van der Waals surface area (Å²) in [4.78, 5) is 4.28. The minimum atomic E-state index is -0.460. The number of benzene rings is 2. The van der Waals surface area contributed by atoms with Crippen molar-refractivity contribution in [2.75, 3.05) is 5.73 Å². The Balaban J connectivity index is 1.92. The summed E-state index contributed by atoms with van der Waals surface area (Å²) in [5.74, 6) is 0.123. The zero-order chi connectivity index (χ0) is 14.8. The molecule has 3 nitrogen and oxygen atoms in total. The Hall–Kier alpha value is -2.33. The van der Waals surface area contributed by atoms with E-state index in [1.54, 1.807) is 30.5 Å². The molecule has 3 rings (SSSR count). The maximum atomic E-state index is 13.4. The topological polar surface area (TPSA) is 48.1 Å². The molecule has 2 N–H and O–H groups in total. The van der Waals surface area contributed by atoms with Crippen molar-refractivity contribution >= 4 is 28.2 Å². The number of hydrogen-bond donors (Lipinski definition) is 1. The van der Waals surface area contributed by atoms with Crippen LogP contribution in [0.4, 0.5) is 10.1 Å². The molecule has 1 heterocycles. The fraction of sp³-hybridized carbons (Fsp3) is 0.0625. The van der Waals surface area contributed by atoms with Crippen molar-refractivity contribution in [3.05, 3.63) is 65.1 Å². The zero-order valence-corrected chi connectivity index (χ0v) is 11.8. The molecule has 0 bridgehead atoms. The third kappa shape index (κ3) is 2.62. The van der Waals surface area contributed by atoms with E-state index < -0.39 is 5.82 Å². The van der Waals surface area contributed by atoms with E-state index in [2.05, 4.69) is 4.98 Å². The maximum Gasteiger partial charge on any atom is 0.146 e. The molecule has 0 radical (unpaired) electrons. The number of hydrogen-bond acceptors (Lipinski definition) is 3. The number of halogens is 2. The van der Waals surface area contributed by atoms with Gasteiger partial charge < -0.3 is 10.5 Å². The number of ether oxygens (including phenoxy) is 1. The molecule has 0 unspecified atom stereocenters. The average Bonchev–Trinajstić information content (AvgIpc) is 2.51. The van der Waals surface area contributed by atoms with Gasteiger partial charge in [-0.15, -0.1) is 0 Å². The van der Waals surface area contributed by atoms with Crippen molar-refractivity contribution in [1.29, 1.82) is 0 Å². The molecule has 0 fully saturated rings. The Morgan fingerprint density at radius 3 is 2.86 bits per heavy atom. The molecule has 21 heavy (non-hydrogen) atoms. The smallest absolute Gasteiger partial charge is 0.146 e. The molecule has 1 aromatic heterocycles. The van der Waals surface area contributed by atoms with Gasteiger partial charge in [-0.3, -0.25) is 4.98 Å². The standard InChI is InChI=1S/C16H12ClFN2O/c17-15-10(3-1-5-12(15)18)9-21-14-7-6-13(19)11-4-2-8-20-16(11)14/h1-8H,9,19H2. The van der Waals surface area contributed by atoms with Crippen LogP contribution in [0, 0.1) is 5.82 Å². The van der Waals surface area contributed by atoms with Gasteiger partial charge in [0.15, 0.2) is 0 Å². The Bertz CT molecular complexity index is 807. The summed E-state index contributed by atoms with van der Waals surface area (Å²) in [5, 5.41) is 0.894. The number of nitrogens with two attached hydrogens (primary N) is 1. The van der Waals surface area contributed by atoms with E-state index in [1.807, 2.05) is 12.1 Å². The number of nitrogens with zero attached hydrogens (tertiary/aromatic N) is 1. The van der Waals surface area contributed by atoms with E-state index in [0.29, 0.717) is 22.5 Å². The first-order valence-electron chi connectivity index (χ1n) is 6.35. The minimum absolute atomic E-state index is 0.0743. The highest BCUT2D eigenvalue weighted by atomic mass is 35.5. The molecule has 0 saturated heterocycles. The van der Waals surface area contributed by atoms with Crippen molar-refractivity contribution in [2.45, 2.75) is 6.61 Å². The van der Waals surface area contributed by atoms with Gasteiger partial charge in [-0.25, -0.2) is 4.39 Å². The molecule has 0 aliphatic heterocycles. The number of rotatable bonds is 3. The first-order chi connectivity index (χ1) is 10.2. The van der Waals surface area contributed by atoms with Gasteiger partial charge in [0.1, 0.15) is 23.7 Å². The van der Waals surface area contributed by atoms with Crippen LogP contribution in [0.15, 0.2) is 48.7 Å². The Labute approximate surface area is 126 Å². The summed E-state index contributed by atoms with van der Waals surface area (Å²) in [7, 11) is 0. The van der Waals surface area contributed by atoms with E-state index >= 15 is 0 Å². The Morgan fingerprint density at radius 1 is 1.14 bits per heavy atom. The minimum Gasteiger partial charge on any atom is -0.487 e. The van der Waals surface area contributed by atoms with Crippen LogP contribution < -0.4 is 10.5 Å². The monoisotopic (exact) mass is 302 g/mol. The lowest BCUT2D eigenvalue weighted by molar-refractivity contribution is 0.309. The van der Waals surface area contributed by atoms with Gasteiger partial charge in [-0.05, 0) is 30.3 Å². The number of fused-ring (bicyclic) bond motifs is 1. The van der Waals surface area contributed by atoms with Crippen molar-refractivity contribution in [2.24, 2.45) is 0 Å². The van der Waals surface area contributed by atoms with Crippen LogP contribution in [-0.2, 0) is 6.61 Å². The second-order valence-electron chi connectivity index (χ2n) is 4.55. The highest BCUT2D eigenvalue weighted by Crippen LogP contribution is 2.29. The van der Waals surface area contributed by atoms with Crippen molar-refractivity contribution < 1.29 is 9.13 Å². The molecule has 3 aromatic rings. The Kier molecular flexibility index (Phi) is 3.62.